The molecule has 0 aliphatic carbocycles. The summed E-state index contributed by atoms with van der Waals surface area (Å²) in [4.78, 5) is 55.4. The van der Waals surface area contributed by atoms with Gasteiger partial charge in [-0.05, 0) is 34.1 Å². The van der Waals surface area contributed by atoms with Gasteiger partial charge in [-0.25, -0.2) is 4.79 Å². The molecule has 0 aromatic rings. The maximum Gasteiger partial charge on any atom is 0.353 e. The van der Waals surface area contributed by atoms with E-state index in [0.717, 1.165) is 0 Å². The third kappa shape index (κ3) is 4.22. The first-order valence-corrected chi connectivity index (χ1v) is 12.7. The first-order valence-electron chi connectivity index (χ1n) is 11.8. The van der Waals surface area contributed by atoms with Gasteiger partial charge in [0.1, 0.15) is 5.70 Å². The lowest BCUT2D eigenvalue weighted by Gasteiger charge is -2.46. The predicted molar refractivity (Wildman–Crippen MR) is 125 cm³/mol. The van der Waals surface area contributed by atoms with Gasteiger partial charge in [0.05, 0.1) is 35.9 Å². The molecule has 3 amide bonds. The fourth-order valence-electron chi connectivity index (χ4n) is 5.29. The van der Waals surface area contributed by atoms with Crippen molar-refractivity contribution in [3.63, 3.8) is 0 Å². The van der Waals surface area contributed by atoms with E-state index in [4.69, 9.17) is 0 Å². The van der Waals surface area contributed by atoms with Crippen molar-refractivity contribution in [1.29, 1.82) is 0 Å². The van der Waals surface area contributed by atoms with E-state index in [2.05, 4.69) is 5.32 Å². The van der Waals surface area contributed by atoms with Crippen molar-refractivity contribution < 1.29 is 29.4 Å². The fourth-order valence-corrected chi connectivity index (χ4v) is 6.70. The van der Waals surface area contributed by atoms with E-state index in [-0.39, 0.29) is 53.5 Å². The highest BCUT2D eigenvalue weighted by Gasteiger charge is 2.60. The van der Waals surface area contributed by atoms with Gasteiger partial charge in [-0.2, -0.15) is 0 Å². The smallest absolute Gasteiger partial charge is 0.353 e. The Morgan fingerprint density at radius 1 is 1.21 bits per heavy atom. The normalized spacial score (nSPS) is 30.5. The van der Waals surface area contributed by atoms with Crippen LogP contribution in [0, 0.1) is 11.8 Å². The number of nitrogens with zero attached hydrogens (tertiary/aromatic N) is 3. The molecule has 4 rings (SSSR count). The van der Waals surface area contributed by atoms with Crippen molar-refractivity contribution >= 4 is 35.5 Å². The second-order valence-corrected chi connectivity index (χ2v) is 12.0. The van der Waals surface area contributed by atoms with Gasteiger partial charge in [0, 0.05) is 36.0 Å². The number of carboxylic acid groups (broad SMARTS) is 1. The molecular formula is C23H34N4O6S. The van der Waals surface area contributed by atoms with E-state index in [1.807, 2.05) is 27.7 Å². The number of rotatable bonds is 7. The number of hydrogen-bond donors (Lipinski definition) is 3. The lowest BCUT2D eigenvalue weighted by atomic mass is 9.79. The van der Waals surface area contributed by atoms with Crippen molar-refractivity contribution in [2.24, 2.45) is 11.8 Å². The van der Waals surface area contributed by atoms with Crippen LogP contribution in [-0.2, 0) is 19.2 Å². The highest BCUT2D eigenvalue weighted by Crippen LogP contribution is 2.52. The monoisotopic (exact) mass is 494 g/mol. The zero-order valence-electron chi connectivity index (χ0n) is 20.3. The van der Waals surface area contributed by atoms with Gasteiger partial charge in [0.2, 0.25) is 17.7 Å². The maximum atomic E-state index is 13.2. The molecule has 188 valence electrons. The minimum Gasteiger partial charge on any atom is -0.477 e. The molecule has 4 heterocycles. The number of aliphatic carboxylic acids is 1. The molecule has 3 N–H and O–H groups in total. The topological polar surface area (TPSA) is 130 Å². The van der Waals surface area contributed by atoms with E-state index in [0.29, 0.717) is 31.0 Å². The predicted octanol–water partition coefficient (Wildman–Crippen LogP) is 0.0731. The molecular weight excluding hydrogens is 460 g/mol. The van der Waals surface area contributed by atoms with Crippen molar-refractivity contribution in [3.05, 3.63) is 10.6 Å². The number of carbonyl (C=O) groups is 4. The van der Waals surface area contributed by atoms with Crippen LogP contribution in [0.4, 0.5) is 0 Å². The minimum absolute atomic E-state index is 0.0154. The van der Waals surface area contributed by atoms with E-state index in [9.17, 15) is 29.4 Å². The van der Waals surface area contributed by atoms with Crippen LogP contribution >= 0.6 is 11.8 Å². The minimum atomic E-state index is -1.19. The number of aliphatic hydroxyl groups excluding tert-OH is 1. The number of amides is 3. The van der Waals surface area contributed by atoms with Crippen molar-refractivity contribution in [2.45, 2.75) is 70.0 Å². The summed E-state index contributed by atoms with van der Waals surface area (Å²) in [6.07, 6.45) is -0.275. The van der Waals surface area contributed by atoms with Crippen LogP contribution < -0.4 is 5.32 Å². The molecule has 34 heavy (non-hydrogen) atoms. The second-order valence-electron chi connectivity index (χ2n) is 10.8. The van der Waals surface area contributed by atoms with Gasteiger partial charge in [0.15, 0.2) is 0 Å². The molecule has 4 aliphatic heterocycles. The SMILES string of the molecule is C[C@@H](O)[C@H]1C(=O)N2C(C(=O)O)=C(S[C@H]3CCN(C4CN(C(=O)CNC(C)(C)C)C4)C3=O)[C@H](C)[C@H]12. The standard InChI is InChI=1S/C23H34N4O6S/c1-11-17-16(12(2)28)21(31)27(17)18(22(32)33)19(11)34-14-6-7-26(20(14)30)13-9-25(10-13)15(29)8-24-23(3,4)5/h11-14,16-17,24,28H,6-10H2,1-5H3,(H,32,33)/t11-,12-,14+,16-,17-/m1/s1. The Morgan fingerprint density at radius 2 is 1.85 bits per heavy atom. The quantitative estimate of drug-likeness (QED) is 0.424. The number of aliphatic hydroxyl groups is 1. The number of carbonyl (C=O) groups excluding carboxylic acids is 3. The molecule has 3 saturated heterocycles. The number of fused-ring (bicyclic) bond motifs is 1. The largest absolute Gasteiger partial charge is 0.477 e. The summed E-state index contributed by atoms with van der Waals surface area (Å²) in [5.74, 6) is -2.48. The average Bonchev–Trinajstić information content (AvgIpc) is 3.15. The molecule has 3 fully saturated rings. The van der Waals surface area contributed by atoms with Gasteiger partial charge in [-0.15, -0.1) is 11.8 Å². The lowest BCUT2D eigenvalue weighted by Crippen LogP contribution is -2.63. The number of thioether (sulfide) groups is 1. The Hall–Kier alpha value is -2.11. The molecule has 0 bridgehead atoms. The Balaban J connectivity index is 1.37. The Kier molecular flexibility index (Phi) is 6.50. The van der Waals surface area contributed by atoms with Crippen LogP contribution in [0.25, 0.3) is 0 Å². The molecule has 0 saturated carbocycles. The summed E-state index contributed by atoms with van der Waals surface area (Å²) < 4.78 is 0. The number of carboxylic acids is 1. The Morgan fingerprint density at radius 3 is 2.41 bits per heavy atom. The van der Waals surface area contributed by atoms with E-state index < -0.39 is 23.2 Å². The molecule has 11 heteroatoms. The van der Waals surface area contributed by atoms with Crippen LogP contribution in [0.3, 0.4) is 0 Å². The van der Waals surface area contributed by atoms with E-state index in [1.165, 1.54) is 16.7 Å². The zero-order chi connectivity index (χ0) is 25.1. The highest BCUT2D eigenvalue weighted by molar-refractivity contribution is 8.04. The second kappa shape index (κ2) is 8.83. The zero-order valence-corrected chi connectivity index (χ0v) is 21.1. The van der Waals surface area contributed by atoms with Gasteiger partial charge in [-0.1, -0.05) is 6.92 Å². The molecule has 0 unspecified atom stereocenters. The van der Waals surface area contributed by atoms with Gasteiger partial charge in [-0.3, -0.25) is 14.4 Å². The lowest BCUT2D eigenvalue weighted by molar-refractivity contribution is -0.163. The van der Waals surface area contributed by atoms with Crippen molar-refractivity contribution in [1.82, 2.24) is 20.0 Å². The Labute approximate surface area is 203 Å². The number of hydrogen-bond acceptors (Lipinski definition) is 7. The summed E-state index contributed by atoms with van der Waals surface area (Å²) in [5, 5.41) is 22.6. The molecule has 5 atom stereocenters. The van der Waals surface area contributed by atoms with Gasteiger partial charge in [0.25, 0.3) is 0 Å². The fraction of sp³-hybridized carbons (Fsp3) is 0.739. The summed E-state index contributed by atoms with van der Waals surface area (Å²) in [6, 6.07) is -0.409. The highest BCUT2D eigenvalue weighted by atomic mass is 32.2. The summed E-state index contributed by atoms with van der Waals surface area (Å²) >= 11 is 1.25. The first kappa shape index (κ1) is 25.0. The van der Waals surface area contributed by atoms with Crippen molar-refractivity contribution in [3.8, 4) is 0 Å². The maximum absolute atomic E-state index is 13.2. The summed E-state index contributed by atoms with van der Waals surface area (Å²) in [7, 11) is 0. The molecule has 0 aromatic heterocycles. The third-order valence-electron chi connectivity index (χ3n) is 7.20. The Bertz CT molecular complexity index is 938. The molecule has 10 nitrogen and oxygen atoms in total. The number of nitrogens with one attached hydrogen (secondary N) is 1. The number of β-lactam (4-membered cyclic amide) rings is 1. The van der Waals surface area contributed by atoms with Crippen molar-refractivity contribution in [2.75, 3.05) is 26.2 Å². The van der Waals surface area contributed by atoms with Crippen LogP contribution in [0.15, 0.2) is 10.6 Å². The van der Waals surface area contributed by atoms with Crippen LogP contribution in [0.1, 0.15) is 41.0 Å². The molecule has 0 aromatic carbocycles. The van der Waals surface area contributed by atoms with E-state index in [1.54, 1.807) is 16.7 Å². The first-order chi connectivity index (χ1) is 15.8. The molecule has 0 spiro atoms. The van der Waals surface area contributed by atoms with Gasteiger partial charge >= 0.3 is 5.97 Å². The van der Waals surface area contributed by atoms with E-state index >= 15 is 0 Å². The van der Waals surface area contributed by atoms with Gasteiger partial charge < -0.3 is 30.2 Å². The average molecular weight is 495 g/mol. The molecule has 0 radical (unpaired) electrons. The van der Waals surface area contributed by atoms with Crippen LogP contribution in [0.2, 0.25) is 0 Å². The molecule has 4 aliphatic rings. The third-order valence-corrected chi connectivity index (χ3v) is 8.74. The van der Waals surface area contributed by atoms with Crippen LogP contribution in [0.5, 0.6) is 0 Å². The number of likely N-dealkylation sites (tertiary alicyclic amines) is 2. The summed E-state index contributed by atoms with van der Waals surface area (Å²) in [5.41, 5.74) is -0.200. The van der Waals surface area contributed by atoms with Crippen LogP contribution in [-0.4, -0.2) is 104 Å². The summed E-state index contributed by atoms with van der Waals surface area (Å²) in [6.45, 7) is 11.2.